The molecule has 0 amide bonds. The van der Waals surface area contributed by atoms with Crippen LogP contribution in [0.3, 0.4) is 0 Å². The molecule has 5 nitrogen and oxygen atoms in total. The lowest BCUT2D eigenvalue weighted by molar-refractivity contribution is -0.383. The number of rotatable bonds is 6. The van der Waals surface area contributed by atoms with Crippen LogP contribution in [0.2, 0.25) is 0 Å². The molecule has 2 rings (SSSR count). The van der Waals surface area contributed by atoms with E-state index in [0.29, 0.717) is 11.6 Å². The third kappa shape index (κ3) is 3.19. The molecule has 0 aliphatic heterocycles. The summed E-state index contributed by atoms with van der Waals surface area (Å²) >= 11 is 1.81. The third-order valence-electron chi connectivity index (χ3n) is 3.10. The van der Waals surface area contributed by atoms with Crippen LogP contribution in [0.4, 0.5) is 11.4 Å². The van der Waals surface area contributed by atoms with Gasteiger partial charge in [0.2, 0.25) is 0 Å². The molecule has 1 heterocycles. The van der Waals surface area contributed by atoms with Crippen LogP contribution in [-0.2, 0) is 0 Å². The minimum Gasteiger partial charge on any atom is -0.382 e. The van der Waals surface area contributed by atoms with Crippen LogP contribution in [0, 0.1) is 10.1 Å². The van der Waals surface area contributed by atoms with Gasteiger partial charge in [-0.25, -0.2) is 4.98 Å². The molecule has 0 aliphatic rings. The summed E-state index contributed by atoms with van der Waals surface area (Å²) in [5.74, 6) is 1.08. The highest BCUT2D eigenvalue weighted by Crippen LogP contribution is 2.30. The molecule has 106 valence electrons. The minimum absolute atomic E-state index is 0.0444. The lowest BCUT2D eigenvalue weighted by atomic mass is 10.1. The number of thioether (sulfide) groups is 1. The summed E-state index contributed by atoms with van der Waals surface area (Å²) < 4.78 is 0. The maximum absolute atomic E-state index is 11.0. The topological polar surface area (TPSA) is 68.1 Å². The monoisotopic (exact) mass is 291 g/mol. The van der Waals surface area contributed by atoms with Crippen LogP contribution in [0.15, 0.2) is 30.5 Å². The van der Waals surface area contributed by atoms with Gasteiger partial charge in [0.05, 0.1) is 4.92 Å². The number of hydrogen-bond acceptors (Lipinski definition) is 5. The molecule has 0 fully saturated rings. The number of nitrogens with one attached hydrogen (secondary N) is 1. The second kappa shape index (κ2) is 6.56. The second-order valence-electron chi connectivity index (χ2n) is 4.62. The molecular formula is C14H17N3O2S. The molecule has 0 aliphatic carbocycles. The standard InChI is InChI=1S/C14H17N3O2S/c1-10(7-9-20-2)16-12-5-6-13(17(18)19)14-11(12)4-3-8-15-14/h3-6,8,10,16H,7,9H2,1-2H3. The number of pyridine rings is 1. The minimum atomic E-state index is -0.393. The molecule has 1 atom stereocenters. The predicted octanol–water partition coefficient (Wildman–Crippen LogP) is 3.70. The Morgan fingerprint density at radius 1 is 1.45 bits per heavy atom. The van der Waals surface area contributed by atoms with Gasteiger partial charge in [0.25, 0.3) is 5.69 Å². The fourth-order valence-electron chi connectivity index (χ4n) is 2.06. The first-order valence-corrected chi connectivity index (χ1v) is 7.80. The molecule has 0 spiro atoms. The number of hydrogen-bond donors (Lipinski definition) is 1. The highest BCUT2D eigenvalue weighted by atomic mass is 32.2. The van der Waals surface area contributed by atoms with Crippen LogP contribution in [0.25, 0.3) is 10.9 Å². The Morgan fingerprint density at radius 3 is 2.95 bits per heavy atom. The molecule has 1 aromatic carbocycles. The summed E-state index contributed by atoms with van der Waals surface area (Å²) in [5.41, 5.74) is 1.37. The third-order valence-corrected chi connectivity index (χ3v) is 3.75. The van der Waals surface area contributed by atoms with Gasteiger partial charge in [0, 0.05) is 29.4 Å². The van der Waals surface area contributed by atoms with Gasteiger partial charge < -0.3 is 5.32 Å². The van der Waals surface area contributed by atoms with Crippen LogP contribution in [-0.4, -0.2) is 28.0 Å². The Bertz CT molecular complexity index is 618. The molecule has 6 heteroatoms. The van der Waals surface area contributed by atoms with Crippen molar-refractivity contribution >= 4 is 34.0 Å². The predicted molar refractivity (Wildman–Crippen MR) is 84.5 cm³/mol. The summed E-state index contributed by atoms with van der Waals surface area (Å²) in [4.78, 5) is 14.8. The fraction of sp³-hybridized carbons (Fsp3) is 0.357. The molecule has 20 heavy (non-hydrogen) atoms. The first kappa shape index (κ1) is 14.6. The smallest absolute Gasteiger partial charge is 0.295 e. The van der Waals surface area contributed by atoms with Crippen molar-refractivity contribution in [3.63, 3.8) is 0 Å². The van der Waals surface area contributed by atoms with E-state index < -0.39 is 4.92 Å². The second-order valence-corrected chi connectivity index (χ2v) is 5.60. The van der Waals surface area contributed by atoms with Crippen molar-refractivity contribution in [1.82, 2.24) is 4.98 Å². The Kier molecular flexibility index (Phi) is 4.79. The number of benzene rings is 1. The number of non-ortho nitro benzene ring substituents is 1. The number of nitro benzene ring substituents is 1. The van der Waals surface area contributed by atoms with Gasteiger partial charge in [0.1, 0.15) is 5.52 Å². The summed E-state index contributed by atoms with van der Waals surface area (Å²) in [6.45, 7) is 2.11. The highest BCUT2D eigenvalue weighted by molar-refractivity contribution is 7.98. The van der Waals surface area contributed by atoms with Crippen molar-refractivity contribution in [3.8, 4) is 0 Å². The van der Waals surface area contributed by atoms with E-state index in [-0.39, 0.29) is 5.69 Å². The van der Waals surface area contributed by atoms with Crippen LogP contribution in [0.5, 0.6) is 0 Å². The lowest BCUT2D eigenvalue weighted by Crippen LogP contribution is -2.16. The SMILES string of the molecule is CSCCC(C)Nc1ccc([N+](=O)[O-])c2ncccc12. The van der Waals surface area contributed by atoms with E-state index in [1.807, 2.05) is 17.8 Å². The molecule has 1 N–H and O–H groups in total. The van der Waals surface area contributed by atoms with E-state index in [2.05, 4.69) is 23.5 Å². The number of aromatic nitrogens is 1. The summed E-state index contributed by atoms with van der Waals surface area (Å²) in [5, 5.41) is 15.2. The number of anilines is 1. The normalized spacial score (nSPS) is 12.3. The first-order valence-electron chi connectivity index (χ1n) is 6.41. The van der Waals surface area contributed by atoms with E-state index in [9.17, 15) is 10.1 Å². The molecule has 0 saturated heterocycles. The quantitative estimate of drug-likeness (QED) is 0.649. The van der Waals surface area contributed by atoms with Gasteiger partial charge in [-0.2, -0.15) is 11.8 Å². The van der Waals surface area contributed by atoms with Gasteiger partial charge >= 0.3 is 0 Å². The molecule has 2 aromatic rings. The molecule has 1 unspecified atom stereocenters. The van der Waals surface area contributed by atoms with Gasteiger partial charge in [-0.15, -0.1) is 0 Å². The Balaban J connectivity index is 2.35. The Labute approximate surface area is 121 Å². The van der Waals surface area contributed by atoms with Gasteiger partial charge in [0.15, 0.2) is 0 Å². The average Bonchev–Trinajstić information content (AvgIpc) is 2.45. The lowest BCUT2D eigenvalue weighted by Gasteiger charge is -2.16. The number of nitro groups is 1. The van der Waals surface area contributed by atoms with Crippen LogP contribution in [0.1, 0.15) is 13.3 Å². The van der Waals surface area contributed by atoms with Crippen molar-refractivity contribution in [3.05, 3.63) is 40.6 Å². The number of fused-ring (bicyclic) bond motifs is 1. The van der Waals surface area contributed by atoms with E-state index in [1.165, 1.54) is 6.07 Å². The van der Waals surface area contributed by atoms with Crippen molar-refractivity contribution in [2.24, 2.45) is 0 Å². The van der Waals surface area contributed by atoms with Crippen LogP contribution < -0.4 is 5.32 Å². The van der Waals surface area contributed by atoms with E-state index in [1.54, 1.807) is 18.3 Å². The number of nitrogens with zero attached hydrogens (tertiary/aromatic N) is 2. The van der Waals surface area contributed by atoms with E-state index >= 15 is 0 Å². The Morgan fingerprint density at radius 2 is 2.25 bits per heavy atom. The Hall–Kier alpha value is -1.82. The van der Waals surface area contributed by atoms with Gasteiger partial charge in [-0.1, -0.05) is 0 Å². The molecule has 0 saturated carbocycles. The molecule has 1 aromatic heterocycles. The first-order chi connectivity index (χ1) is 9.63. The van der Waals surface area contributed by atoms with Crippen LogP contribution >= 0.6 is 11.8 Å². The molecular weight excluding hydrogens is 274 g/mol. The van der Waals surface area contributed by atoms with E-state index in [4.69, 9.17) is 0 Å². The fourth-order valence-corrected chi connectivity index (χ4v) is 2.65. The van der Waals surface area contributed by atoms with Gasteiger partial charge in [-0.3, -0.25) is 10.1 Å². The summed E-state index contributed by atoms with van der Waals surface area (Å²) in [7, 11) is 0. The van der Waals surface area contributed by atoms with Crippen molar-refractivity contribution < 1.29 is 4.92 Å². The molecule has 0 radical (unpaired) electrons. The maximum atomic E-state index is 11.0. The summed E-state index contributed by atoms with van der Waals surface area (Å²) in [6, 6.07) is 7.24. The zero-order chi connectivity index (χ0) is 14.5. The van der Waals surface area contributed by atoms with Crippen molar-refractivity contribution in [2.45, 2.75) is 19.4 Å². The average molecular weight is 291 g/mol. The maximum Gasteiger partial charge on any atom is 0.295 e. The van der Waals surface area contributed by atoms with E-state index in [0.717, 1.165) is 23.2 Å². The van der Waals surface area contributed by atoms with Crippen molar-refractivity contribution in [1.29, 1.82) is 0 Å². The molecule has 0 bridgehead atoms. The zero-order valence-corrected chi connectivity index (χ0v) is 12.3. The highest BCUT2D eigenvalue weighted by Gasteiger charge is 2.15. The van der Waals surface area contributed by atoms with Crippen molar-refractivity contribution in [2.75, 3.05) is 17.3 Å². The zero-order valence-electron chi connectivity index (χ0n) is 11.5. The largest absolute Gasteiger partial charge is 0.382 e. The van der Waals surface area contributed by atoms with Gasteiger partial charge in [-0.05, 0) is 43.6 Å². The summed E-state index contributed by atoms with van der Waals surface area (Å²) in [6.07, 6.45) is 4.70.